The maximum Gasteiger partial charge on any atom is 0.349 e. The number of rotatable bonds is 6. The van der Waals surface area contributed by atoms with Crippen molar-refractivity contribution >= 4 is 27.9 Å². The highest BCUT2D eigenvalue weighted by Crippen LogP contribution is 2.27. The van der Waals surface area contributed by atoms with Crippen LogP contribution in [0.1, 0.15) is 28.4 Å². The van der Waals surface area contributed by atoms with E-state index in [4.69, 9.17) is 14.2 Å². The quantitative estimate of drug-likeness (QED) is 0.530. The van der Waals surface area contributed by atoms with Crippen LogP contribution >= 0.6 is 15.9 Å². The molecule has 0 N–H and O–H groups in total. The Labute approximate surface area is 155 Å². The molecule has 0 unspecified atom stereocenters. The zero-order valence-corrected chi connectivity index (χ0v) is 15.9. The molecular formula is C19H19BrO5. The molecule has 0 atom stereocenters. The second-order valence-corrected chi connectivity index (χ2v) is 6.26. The van der Waals surface area contributed by atoms with Crippen LogP contribution in [0, 0.1) is 13.8 Å². The zero-order valence-electron chi connectivity index (χ0n) is 14.3. The molecule has 2 aromatic rings. The summed E-state index contributed by atoms with van der Waals surface area (Å²) in [6.07, 6.45) is 0. The highest BCUT2D eigenvalue weighted by molar-refractivity contribution is 9.10. The first-order valence-corrected chi connectivity index (χ1v) is 8.58. The van der Waals surface area contributed by atoms with Crippen LogP contribution < -0.4 is 9.47 Å². The minimum atomic E-state index is -0.599. The fourth-order valence-corrected chi connectivity index (χ4v) is 3.03. The molecule has 0 aromatic heterocycles. The van der Waals surface area contributed by atoms with E-state index < -0.39 is 11.9 Å². The lowest BCUT2D eigenvalue weighted by molar-refractivity contribution is -0.136. The molecule has 0 heterocycles. The number of aryl methyl sites for hydroxylation is 2. The van der Waals surface area contributed by atoms with Crippen LogP contribution in [0.15, 0.2) is 40.9 Å². The Bertz CT molecular complexity index is 762. The first kappa shape index (κ1) is 19.0. The monoisotopic (exact) mass is 406 g/mol. The molecule has 0 spiro atoms. The van der Waals surface area contributed by atoms with Crippen molar-refractivity contribution in [3.63, 3.8) is 0 Å². The third-order valence-electron chi connectivity index (χ3n) is 3.37. The predicted octanol–water partition coefficient (Wildman–Crippen LogP) is 4.23. The number of carbonyl (C=O) groups excluding carboxylic acids is 2. The van der Waals surface area contributed by atoms with Gasteiger partial charge in [-0.3, -0.25) is 0 Å². The molecule has 2 aromatic carbocycles. The molecule has 0 aliphatic carbocycles. The molecule has 0 fully saturated rings. The Morgan fingerprint density at radius 3 is 2.36 bits per heavy atom. The highest BCUT2D eigenvalue weighted by atomic mass is 79.9. The van der Waals surface area contributed by atoms with Crippen LogP contribution in [0.4, 0.5) is 0 Å². The Kier molecular flexibility index (Phi) is 6.58. The van der Waals surface area contributed by atoms with Gasteiger partial charge in [0.25, 0.3) is 0 Å². The van der Waals surface area contributed by atoms with Crippen LogP contribution in [0.25, 0.3) is 0 Å². The second kappa shape index (κ2) is 8.67. The van der Waals surface area contributed by atoms with E-state index in [1.54, 1.807) is 31.2 Å². The minimum absolute atomic E-state index is 0.152. The molecule has 25 heavy (non-hydrogen) atoms. The van der Waals surface area contributed by atoms with Crippen LogP contribution in [0.3, 0.4) is 0 Å². The van der Waals surface area contributed by atoms with Gasteiger partial charge in [-0.25, -0.2) is 9.59 Å². The van der Waals surface area contributed by atoms with E-state index in [1.807, 2.05) is 26.0 Å². The standard InChI is InChI=1S/C19H19BrO5/c1-4-23-19(22)15-7-5-6-8-16(15)25-17(21)11-24-18-12(2)9-14(20)10-13(18)3/h5-10H,4,11H2,1-3H3. The Balaban J connectivity index is 2.06. The average molecular weight is 407 g/mol. The second-order valence-electron chi connectivity index (χ2n) is 5.35. The number of hydrogen-bond acceptors (Lipinski definition) is 5. The Hall–Kier alpha value is -2.34. The smallest absolute Gasteiger partial charge is 0.349 e. The zero-order chi connectivity index (χ0) is 18.4. The van der Waals surface area contributed by atoms with Gasteiger partial charge in [0.2, 0.25) is 0 Å². The molecule has 0 amide bonds. The lowest BCUT2D eigenvalue weighted by Crippen LogP contribution is -2.20. The van der Waals surface area contributed by atoms with E-state index in [1.165, 1.54) is 0 Å². The van der Waals surface area contributed by atoms with Crippen LogP contribution in [0.2, 0.25) is 0 Å². The fraction of sp³-hybridized carbons (Fsp3) is 0.263. The summed E-state index contributed by atoms with van der Waals surface area (Å²) in [6.45, 7) is 5.49. The van der Waals surface area contributed by atoms with Crippen molar-refractivity contribution in [3.05, 3.63) is 57.6 Å². The van der Waals surface area contributed by atoms with Gasteiger partial charge < -0.3 is 14.2 Å². The maximum atomic E-state index is 12.1. The average Bonchev–Trinajstić information content (AvgIpc) is 2.54. The Morgan fingerprint density at radius 1 is 1.08 bits per heavy atom. The molecule has 6 heteroatoms. The van der Waals surface area contributed by atoms with E-state index >= 15 is 0 Å². The molecule has 5 nitrogen and oxygen atoms in total. The van der Waals surface area contributed by atoms with Gasteiger partial charge in [0, 0.05) is 4.47 Å². The number of para-hydroxylation sites is 1. The van der Waals surface area contributed by atoms with E-state index in [0.29, 0.717) is 5.75 Å². The molecule has 0 saturated heterocycles. The van der Waals surface area contributed by atoms with E-state index in [2.05, 4.69) is 15.9 Å². The molecule has 0 saturated carbocycles. The first-order valence-electron chi connectivity index (χ1n) is 7.78. The van der Waals surface area contributed by atoms with E-state index in [0.717, 1.165) is 15.6 Å². The van der Waals surface area contributed by atoms with Gasteiger partial charge >= 0.3 is 11.9 Å². The molecule has 0 radical (unpaired) electrons. The Morgan fingerprint density at radius 2 is 1.72 bits per heavy atom. The molecule has 0 aliphatic heterocycles. The summed E-state index contributed by atoms with van der Waals surface area (Å²) in [5, 5.41) is 0. The van der Waals surface area contributed by atoms with Crippen molar-refractivity contribution in [3.8, 4) is 11.5 Å². The molecular weight excluding hydrogens is 388 g/mol. The van der Waals surface area contributed by atoms with Gasteiger partial charge in [0.15, 0.2) is 6.61 Å². The summed E-state index contributed by atoms with van der Waals surface area (Å²) in [4.78, 5) is 24.0. The topological polar surface area (TPSA) is 61.8 Å². The molecule has 2 rings (SSSR count). The van der Waals surface area contributed by atoms with Gasteiger partial charge in [-0.05, 0) is 56.2 Å². The summed E-state index contributed by atoms with van der Waals surface area (Å²) < 4.78 is 16.8. The number of halogens is 1. The number of esters is 2. The van der Waals surface area contributed by atoms with Crippen molar-refractivity contribution in [1.82, 2.24) is 0 Å². The summed E-state index contributed by atoms with van der Waals surface area (Å²) in [7, 11) is 0. The first-order chi connectivity index (χ1) is 11.9. The highest BCUT2D eigenvalue weighted by Gasteiger charge is 2.17. The minimum Gasteiger partial charge on any atom is -0.481 e. The summed E-state index contributed by atoms with van der Waals surface area (Å²) in [6, 6.07) is 10.3. The van der Waals surface area contributed by atoms with Gasteiger partial charge in [0.05, 0.1) is 6.61 Å². The van der Waals surface area contributed by atoms with Crippen LogP contribution in [0.5, 0.6) is 11.5 Å². The maximum absolute atomic E-state index is 12.1. The van der Waals surface area contributed by atoms with Gasteiger partial charge in [0.1, 0.15) is 17.1 Å². The lowest BCUT2D eigenvalue weighted by Gasteiger charge is -2.13. The van der Waals surface area contributed by atoms with Gasteiger partial charge in [-0.2, -0.15) is 0 Å². The number of benzene rings is 2. The van der Waals surface area contributed by atoms with Gasteiger partial charge in [-0.15, -0.1) is 0 Å². The lowest BCUT2D eigenvalue weighted by atomic mass is 10.1. The third-order valence-corrected chi connectivity index (χ3v) is 3.82. The van der Waals surface area contributed by atoms with Crippen LogP contribution in [-0.2, 0) is 9.53 Å². The van der Waals surface area contributed by atoms with Crippen molar-refractivity contribution in [1.29, 1.82) is 0 Å². The normalized spacial score (nSPS) is 10.2. The molecule has 132 valence electrons. The van der Waals surface area contributed by atoms with Crippen molar-refractivity contribution in [2.24, 2.45) is 0 Å². The van der Waals surface area contributed by atoms with E-state index in [9.17, 15) is 9.59 Å². The SMILES string of the molecule is CCOC(=O)c1ccccc1OC(=O)COc1c(C)cc(Br)cc1C. The summed E-state index contributed by atoms with van der Waals surface area (Å²) in [5.74, 6) is -0.345. The molecule has 0 aliphatic rings. The van der Waals surface area contributed by atoms with Crippen molar-refractivity contribution in [2.45, 2.75) is 20.8 Å². The fourth-order valence-electron chi connectivity index (χ4n) is 2.34. The number of ether oxygens (including phenoxy) is 3. The van der Waals surface area contributed by atoms with Crippen molar-refractivity contribution in [2.75, 3.05) is 13.2 Å². The number of carbonyl (C=O) groups is 2. The van der Waals surface area contributed by atoms with Crippen molar-refractivity contribution < 1.29 is 23.8 Å². The summed E-state index contributed by atoms with van der Waals surface area (Å²) in [5.41, 5.74) is 2.02. The van der Waals surface area contributed by atoms with E-state index in [-0.39, 0.29) is 24.5 Å². The predicted molar refractivity (Wildman–Crippen MR) is 97.1 cm³/mol. The summed E-state index contributed by atoms with van der Waals surface area (Å²) >= 11 is 3.41. The van der Waals surface area contributed by atoms with Gasteiger partial charge in [-0.1, -0.05) is 28.1 Å². The number of hydrogen-bond donors (Lipinski definition) is 0. The largest absolute Gasteiger partial charge is 0.481 e. The van der Waals surface area contributed by atoms with Crippen LogP contribution in [-0.4, -0.2) is 25.2 Å². The third kappa shape index (κ3) is 5.06. The molecule has 0 bridgehead atoms.